The summed E-state index contributed by atoms with van der Waals surface area (Å²) >= 11 is 1.45. The summed E-state index contributed by atoms with van der Waals surface area (Å²) in [5.74, 6) is -0.344. The summed E-state index contributed by atoms with van der Waals surface area (Å²) in [6, 6.07) is 0. The molecular weight excluding hydrogens is 260 g/mol. The van der Waals surface area contributed by atoms with Gasteiger partial charge >= 0.3 is 5.97 Å². The van der Waals surface area contributed by atoms with Gasteiger partial charge in [0.2, 0.25) is 0 Å². The van der Waals surface area contributed by atoms with Crippen LogP contribution < -0.4 is 5.32 Å². The number of esters is 1. The van der Waals surface area contributed by atoms with Crippen molar-refractivity contribution in [3.8, 4) is 0 Å². The zero-order valence-electron chi connectivity index (χ0n) is 11.3. The quantitative estimate of drug-likeness (QED) is 0.638. The van der Waals surface area contributed by atoms with Crippen LogP contribution in [0.3, 0.4) is 0 Å². The van der Waals surface area contributed by atoms with Crippen molar-refractivity contribution in [2.75, 3.05) is 18.5 Å². The molecule has 1 aromatic heterocycles. The molecule has 0 spiro atoms. The Bertz CT molecular complexity index is 454. The first kappa shape index (κ1) is 14.1. The Morgan fingerprint density at radius 1 is 1.53 bits per heavy atom. The van der Waals surface area contributed by atoms with E-state index in [0.29, 0.717) is 12.3 Å². The van der Waals surface area contributed by atoms with Crippen LogP contribution in [0.1, 0.15) is 49.5 Å². The van der Waals surface area contributed by atoms with Gasteiger partial charge < -0.3 is 10.1 Å². The fourth-order valence-corrected chi connectivity index (χ4v) is 2.88. The normalized spacial score (nSPS) is 14.9. The molecule has 0 radical (unpaired) electrons. The van der Waals surface area contributed by atoms with Gasteiger partial charge in [0.05, 0.1) is 12.1 Å². The number of thiazole rings is 1. The number of hydrogen-bond acceptors (Lipinski definition) is 5. The van der Waals surface area contributed by atoms with Gasteiger partial charge in [0.15, 0.2) is 5.69 Å². The van der Waals surface area contributed by atoms with Gasteiger partial charge in [-0.25, -0.2) is 9.78 Å². The largest absolute Gasteiger partial charge is 0.461 e. The smallest absolute Gasteiger partial charge is 0.360 e. The maximum atomic E-state index is 11.7. The maximum Gasteiger partial charge on any atom is 0.360 e. The molecule has 1 aliphatic rings. The van der Waals surface area contributed by atoms with E-state index in [2.05, 4.69) is 16.4 Å². The zero-order valence-corrected chi connectivity index (χ0v) is 12.1. The van der Waals surface area contributed by atoms with Gasteiger partial charge in [0, 0.05) is 6.54 Å². The maximum absolute atomic E-state index is 11.7. The first-order valence-corrected chi connectivity index (χ1v) is 7.71. The van der Waals surface area contributed by atoms with Crippen LogP contribution in [-0.2, 0) is 4.74 Å². The van der Waals surface area contributed by atoms with Crippen molar-refractivity contribution < 1.29 is 9.53 Å². The van der Waals surface area contributed by atoms with Gasteiger partial charge in [-0.2, -0.15) is 0 Å². The summed E-state index contributed by atoms with van der Waals surface area (Å²) < 4.78 is 4.98. The molecule has 0 aromatic carbocycles. The van der Waals surface area contributed by atoms with Gasteiger partial charge in [-0.15, -0.1) is 11.3 Å². The van der Waals surface area contributed by atoms with Crippen LogP contribution in [0, 0.1) is 0 Å². The number of anilines is 1. The van der Waals surface area contributed by atoms with Crippen molar-refractivity contribution in [2.45, 2.75) is 39.0 Å². The first-order chi connectivity index (χ1) is 9.31. The van der Waals surface area contributed by atoms with Crippen molar-refractivity contribution in [1.82, 2.24) is 4.98 Å². The number of carbonyl (C=O) groups excluding carboxylic acids is 1. The molecule has 1 aromatic rings. The summed E-state index contributed by atoms with van der Waals surface area (Å²) in [4.78, 5) is 15.7. The number of ether oxygens (including phenoxy) is 1. The number of hydrogen-bond donors (Lipinski definition) is 1. The average Bonchev–Trinajstić information content (AvgIpc) is 2.89. The van der Waals surface area contributed by atoms with Crippen molar-refractivity contribution in [1.29, 1.82) is 0 Å². The molecule has 5 heteroatoms. The van der Waals surface area contributed by atoms with E-state index >= 15 is 0 Å². The highest BCUT2D eigenvalue weighted by molar-refractivity contribution is 7.14. The van der Waals surface area contributed by atoms with E-state index in [9.17, 15) is 4.79 Å². The molecule has 1 heterocycles. The molecule has 0 fully saturated rings. The van der Waals surface area contributed by atoms with Crippen LogP contribution in [-0.4, -0.2) is 24.1 Å². The molecular formula is C14H20N2O2S. The number of carbonyl (C=O) groups is 1. The van der Waals surface area contributed by atoms with Gasteiger partial charge in [-0.3, -0.25) is 0 Å². The lowest BCUT2D eigenvalue weighted by Crippen LogP contribution is -2.10. The summed E-state index contributed by atoms with van der Waals surface area (Å²) in [7, 11) is 0. The van der Waals surface area contributed by atoms with Crippen LogP contribution >= 0.6 is 11.3 Å². The monoisotopic (exact) mass is 280 g/mol. The molecule has 4 nitrogen and oxygen atoms in total. The number of aromatic nitrogens is 1. The van der Waals surface area contributed by atoms with Crippen LogP contribution in [0.15, 0.2) is 17.2 Å². The Morgan fingerprint density at radius 2 is 2.42 bits per heavy atom. The lowest BCUT2D eigenvalue weighted by atomic mass is 9.97. The first-order valence-electron chi connectivity index (χ1n) is 6.83. The summed E-state index contributed by atoms with van der Waals surface area (Å²) in [5, 5.41) is 4.11. The molecule has 104 valence electrons. The minimum Gasteiger partial charge on any atom is -0.461 e. The Morgan fingerprint density at radius 3 is 3.16 bits per heavy atom. The molecule has 0 amide bonds. The van der Waals surface area contributed by atoms with E-state index < -0.39 is 0 Å². The standard InChI is InChI=1S/C14H20N2O2S/c1-2-18-14(17)12-13(19-10-16-12)15-9-8-11-6-4-3-5-7-11/h6,10,15H,2-5,7-9H2,1H3. The van der Waals surface area contributed by atoms with E-state index in [0.717, 1.165) is 18.0 Å². The molecule has 1 N–H and O–H groups in total. The number of nitrogens with zero attached hydrogens (tertiary/aromatic N) is 1. The van der Waals surface area contributed by atoms with E-state index in [1.54, 1.807) is 12.4 Å². The Hall–Kier alpha value is -1.36. The highest BCUT2D eigenvalue weighted by Crippen LogP contribution is 2.23. The fourth-order valence-electron chi connectivity index (χ4n) is 2.18. The highest BCUT2D eigenvalue weighted by Gasteiger charge is 2.15. The third kappa shape index (κ3) is 4.06. The van der Waals surface area contributed by atoms with Crippen LogP contribution in [0.4, 0.5) is 5.00 Å². The average molecular weight is 280 g/mol. The molecule has 0 aliphatic heterocycles. The molecule has 1 aliphatic carbocycles. The van der Waals surface area contributed by atoms with E-state index in [4.69, 9.17) is 4.74 Å². The van der Waals surface area contributed by atoms with E-state index in [1.807, 2.05) is 0 Å². The fraction of sp³-hybridized carbons (Fsp3) is 0.571. The molecule has 19 heavy (non-hydrogen) atoms. The highest BCUT2D eigenvalue weighted by atomic mass is 32.1. The second-order valence-corrected chi connectivity index (χ2v) is 5.39. The molecule has 2 rings (SSSR count). The third-order valence-electron chi connectivity index (χ3n) is 3.15. The molecule has 0 atom stereocenters. The summed E-state index contributed by atoms with van der Waals surface area (Å²) in [6.45, 7) is 3.02. The van der Waals surface area contributed by atoms with Crippen molar-refractivity contribution >= 4 is 22.3 Å². The summed E-state index contributed by atoms with van der Waals surface area (Å²) in [6.07, 6.45) is 8.45. The number of rotatable bonds is 6. The number of nitrogens with one attached hydrogen (secondary N) is 1. The minimum atomic E-state index is -0.344. The SMILES string of the molecule is CCOC(=O)c1ncsc1NCCC1=CCCCC1. The zero-order chi connectivity index (χ0) is 13.5. The lowest BCUT2D eigenvalue weighted by Gasteiger charge is -2.13. The predicted octanol–water partition coefficient (Wildman–Crippen LogP) is 3.62. The van der Waals surface area contributed by atoms with Gasteiger partial charge in [-0.1, -0.05) is 11.6 Å². The topological polar surface area (TPSA) is 51.2 Å². The second-order valence-electron chi connectivity index (χ2n) is 4.54. The molecule has 0 unspecified atom stereocenters. The molecule has 0 saturated heterocycles. The third-order valence-corrected chi connectivity index (χ3v) is 3.94. The summed E-state index contributed by atoms with van der Waals surface area (Å²) in [5.41, 5.74) is 3.61. The second kappa shape index (κ2) is 7.28. The van der Waals surface area contributed by atoms with Crippen molar-refractivity contribution in [2.24, 2.45) is 0 Å². The lowest BCUT2D eigenvalue weighted by molar-refractivity contribution is 0.0521. The van der Waals surface area contributed by atoms with E-state index in [-0.39, 0.29) is 5.97 Å². The van der Waals surface area contributed by atoms with Gasteiger partial charge in [-0.05, 0) is 39.0 Å². The Labute approximate surface area is 117 Å². The van der Waals surface area contributed by atoms with Crippen LogP contribution in [0.2, 0.25) is 0 Å². The van der Waals surface area contributed by atoms with Crippen LogP contribution in [0.5, 0.6) is 0 Å². The molecule has 0 saturated carbocycles. The van der Waals surface area contributed by atoms with Gasteiger partial charge in [0.25, 0.3) is 0 Å². The Balaban J connectivity index is 1.84. The van der Waals surface area contributed by atoms with Crippen molar-refractivity contribution in [3.63, 3.8) is 0 Å². The van der Waals surface area contributed by atoms with Gasteiger partial charge in [0.1, 0.15) is 5.00 Å². The van der Waals surface area contributed by atoms with Crippen molar-refractivity contribution in [3.05, 3.63) is 22.9 Å². The number of allylic oxidation sites excluding steroid dienone is 1. The Kier molecular flexibility index (Phi) is 5.39. The predicted molar refractivity (Wildman–Crippen MR) is 77.7 cm³/mol. The minimum absolute atomic E-state index is 0.344. The molecule has 0 bridgehead atoms. The van der Waals surface area contributed by atoms with E-state index in [1.165, 1.54) is 42.6 Å². The van der Waals surface area contributed by atoms with Crippen LogP contribution in [0.25, 0.3) is 0 Å².